The Labute approximate surface area is 60.0 Å². The van der Waals surface area contributed by atoms with Crippen molar-refractivity contribution in [3.8, 4) is 0 Å². The van der Waals surface area contributed by atoms with E-state index in [0.29, 0.717) is 6.61 Å². The number of aliphatic hydroxyl groups excluding tert-OH is 1. The zero-order valence-corrected chi connectivity index (χ0v) is 6.04. The van der Waals surface area contributed by atoms with E-state index in [9.17, 15) is 4.79 Å². The second kappa shape index (κ2) is 3.01. The Morgan fingerprint density at radius 3 is 2.90 bits per heavy atom. The lowest BCUT2D eigenvalue weighted by atomic mass is 10.3. The summed E-state index contributed by atoms with van der Waals surface area (Å²) in [5, 5.41) is 8.59. The van der Waals surface area contributed by atoms with E-state index in [1.807, 2.05) is 0 Å². The summed E-state index contributed by atoms with van der Waals surface area (Å²) in [5.41, 5.74) is 0. The average Bonchev–Trinajstić information content (AvgIpc) is 2.66. The number of carbonyl (C=O) groups excluding carboxylic acids is 1. The molecule has 0 heterocycles. The van der Waals surface area contributed by atoms with Crippen molar-refractivity contribution in [2.24, 2.45) is 11.8 Å². The Morgan fingerprint density at radius 1 is 1.80 bits per heavy atom. The smallest absolute Gasteiger partial charge is 0.309 e. The van der Waals surface area contributed by atoms with Crippen molar-refractivity contribution < 1.29 is 14.6 Å². The fraction of sp³-hybridized carbons (Fsp3) is 0.857. The lowest BCUT2D eigenvalue weighted by molar-refractivity contribution is -0.145. The van der Waals surface area contributed by atoms with Gasteiger partial charge in [0, 0.05) is 6.61 Å². The fourth-order valence-corrected chi connectivity index (χ4v) is 0.987. The number of aliphatic hydroxyl groups is 1. The van der Waals surface area contributed by atoms with Crippen LogP contribution in [0.15, 0.2) is 0 Å². The maximum atomic E-state index is 10.8. The molecule has 0 aliphatic heterocycles. The molecular weight excluding hydrogens is 132 g/mol. The third kappa shape index (κ3) is 1.48. The summed E-state index contributed by atoms with van der Waals surface area (Å²) in [4.78, 5) is 10.8. The van der Waals surface area contributed by atoms with Gasteiger partial charge in [0.25, 0.3) is 0 Å². The van der Waals surface area contributed by atoms with Crippen LogP contribution >= 0.6 is 0 Å². The van der Waals surface area contributed by atoms with Gasteiger partial charge in [-0.05, 0) is 19.3 Å². The van der Waals surface area contributed by atoms with Gasteiger partial charge < -0.3 is 9.84 Å². The van der Waals surface area contributed by atoms with Crippen LogP contribution in [0.1, 0.15) is 13.3 Å². The lowest BCUT2D eigenvalue weighted by Crippen LogP contribution is -2.08. The fourth-order valence-electron chi connectivity index (χ4n) is 0.987. The summed E-state index contributed by atoms with van der Waals surface area (Å²) in [6.45, 7) is 2.34. The van der Waals surface area contributed by atoms with E-state index < -0.39 is 0 Å². The Kier molecular flexibility index (Phi) is 2.27. The number of ether oxygens (including phenoxy) is 1. The summed E-state index contributed by atoms with van der Waals surface area (Å²) in [6.07, 6.45) is 0.801. The number of hydrogen-bond acceptors (Lipinski definition) is 3. The van der Waals surface area contributed by atoms with E-state index in [0.717, 1.165) is 6.42 Å². The van der Waals surface area contributed by atoms with Crippen molar-refractivity contribution in [3.05, 3.63) is 0 Å². The lowest BCUT2D eigenvalue weighted by Gasteiger charge is -1.97. The minimum Gasteiger partial charge on any atom is -0.466 e. The molecule has 0 amide bonds. The van der Waals surface area contributed by atoms with Crippen molar-refractivity contribution in [2.75, 3.05) is 13.2 Å². The van der Waals surface area contributed by atoms with Gasteiger partial charge in [0.15, 0.2) is 0 Å². The van der Waals surface area contributed by atoms with Crippen LogP contribution < -0.4 is 0 Å². The van der Waals surface area contributed by atoms with Gasteiger partial charge >= 0.3 is 5.97 Å². The Morgan fingerprint density at radius 2 is 2.50 bits per heavy atom. The molecule has 0 unspecified atom stereocenters. The van der Waals surface area contributed by atoms with Crippen LogP contribution in [0.25, 0.3) is 0 Å². The van der Waals surface area contributed by atoms with Crippen LogP contribution in [0.4, 0.5) is 0 Å². The first-order valence-electron chi connectivity index (χ1n) is 3.57. The summed E-state index contributed by atoms with van der Waals surface area (Å²) in [5.74, 6) is 0.0190. The van der Waals surface area contributed by atoms with Crippen LogP contribution in [0.2, 0.25) is 0 Å². The quantitative estimate of drug-likeness (QED) is 0.575. The molecular formula is C7H12O3. The van der Waals surface area contributed by atoms with Gasteiger partial charge in [0.05, 0.1) is 12.5 Å². The van der Waals surface area contributed by atoms with Crippen LogP contribution in [0, 0.1) is 11.8 Å². The topological polar surface area (TPSA) is 46.5 Å². The molecule has 2 atom stereocenters. The summed E-state index contributed by atoms with van der Waals surface area (Å²) in [6, 6.07) is 0. The van der Waals surface area contributed by atoms with E-state index in [1.54, 1.807) is 6.92 Å². The van der Waals surface area contributed by atoms with Crippen molar-refractivity contribution in [2.45, 2.75) is 13.3 Å². The van der Waals surface area contributed by atoms with Crippen LogP contribution in [0.5, 0.6) is 0 Å². The van der Waals surface area contributed by atoms with Gasteiger partial charge in [0.2, 0.25) is 0 Å². The van der Waals surface area contributed by atoms with Crippen LogP contribution in [-0.2, 0) is 9.53 Å². The van der Waals surface area contributed by atoms with E-state index in [4.69, 9.17) is 9.84 Å². The van der Waals surface area contributed by atoms with Gasteiger partial charge in [0.1, 0.15) is 0 Å². The molecule has 0 saturated heterocycles. The second-order valence-electron chi connectivity index (χ2n) is 2.54. The van der Waals surface area contributed by atoms with Crippen molar-refractivity contribution in [1.82, 2.24) is 0 Å². The molecule has 0 aromatic heterocycles. The average molecular weight is 144 g/mol. The largest absolute Gasteiger partial charge is 0.466 e. The van der Waals surface area contributed by atoms with E-state index in [-0.39, 0.29) is 24.4 Å². The Bertz CT molecular complexity index is 133. The van der Waals surface area contributed by atoms with Crippen LogP contribution in [-0.4, -0.2) is 24.3 Å². The molecule has 1 rings (SSSR count). The molecule has 58 valence electrons. The highest BCUT2D eigenvalue weighted by Crippen LogP contribution is 2.38. The zero-order valence-electron chi connectivity index (χ0n) is 6.04. The minimum atomic E-state index is -0.151. The first-order chi connectivity index (χ1) is 4.79. The molecule has 3 nitrogen and oxygen atoms in total. The van der Waals surface area contributed by atoms with Crippen molar-refractivity contribution in [1.29, 1.82) is 0 Å². The first-order valence-corrected chi connectivity index (χ1v) is 3.57. The van der Waals surface area contributed by atoms with E-state index >= 15 is 0 Å². The number of esters is 1. The monoisotopic (exact) mass is 144 g/mol. The molecule has 1 aliphatic carbocycles. The van der Waals surface area contributed by atoms with Gasteiger partial charge in [-0.25, -0.2) is 0 Å². The van der Waals surface area contributed by atoms with Gasteiger partial charge in [-0.1, -0.05) is 0 Å². The third-order valence-electron chi connectivity index (χ3n) is 1.75. The predicted octanol–water partition coefficient (Wildman–Crippen LogP) is 0.178. The molecule has 0 radical (unpaired) electrons. The Balaban J connectivity index is 2.19. The molecule has 3 heteroatoms. The summed E-state index contributed by atoms with van der Waals surface area (Å²) >= 11 is 0. The summed E-state index contributed by atoms with van der Waals surface area (Å²) < 4.78 is 4.75. The SMILES string of the molecule is CCOC(=O)[C@H]1C[C@H]1CO. The number of carbonyl (C=O) groups is 1. The molecule has 0 bridgehead atoms. The maximum Gasteiger partial charge on any atom is 0.309 e. The third-order valence-corrected chi connectivity index (χ3v) is 1.75. The molecule has 0 spiro atoms. The molecule has 1 saturated carbocycles. The standard InChI is InChI=1S/C7H12O3/c1-2-10-7(9)6-3-5(6)4-8/h5-6,8H,2-4H2,1H3/t5-,6-/m0/s1. The highest BCUT2D eigenvalue weighted by Gasteiger charge is 2.43. The number of hydrogen-bond donors (Lipinski definition) is 1. The number of rotatable bonds is 3. The van der Waals surface area contributed by atoms with Crippen molar-refractivity contribution in [3.63, 3.8) is 0 Å². The summed E-state index contributed by atoms with van der Waals surface area (Å²) in [7, 11) is 0. The highest BCUT2D eigenvalue weighted by atomic mass is 16.5. The zero-order chi connectivity index (χ0) is 7.56. The van der Waals surface area contributed by atoms with Gasteiger partial charge in [-0.3, -0.25) is 4.79 Å². The van der Waals surface area contributed by atoms with E-state index in [2.05, 4.69) is 0 Å². The minimum absolute atomic E-state index is 0.00931. The molecule has 0 aromatic rings. The van der Waals surface area contributed by atoms with Crippen LogP contribution in [0.3, 0.4) is 0 Å². The molecule has 1 fully saturated rings. The molecule has 1 N–H and O–H groups in total. The van der Waals surface area contributed by atoms with Crippen molar-refractivity contribution >= 4 is 5.97 Å². The van der Waals surface area contributed by atoms with E-state index in [1.165, 1.54) is 0 Å². The predicted molar refractivity (Wildman–Crippen MR) is 35.3 cm³/mol. The molecule has 1 aliphatic rings. The van der Waals surface area contributed by atoms with Gasteiger partial charge in [-0.2, -0.15) is 0 Å². The molecule has 0 aromatic carbocycles. The molecule has 10 heavy (non-hydrogen) atoms. The normalized spacial score (nSPS) is 29.8. The highest BCUT2D eigenvalue weighted by molar-refractivity contribution is 5.75. The van der Waals surface area contributed by atoms with Gasteiger partial charge in [-0.15, -0.1) is 0 Å². The first kappa shape index (κ1) is 7.54. The maximum absolute atomic E-state index is 10.8. The Hall–Kier alpha value is -0.570. The second-order valence-corrected chi connectivity index (χ2v) is 2.54.